The second-order valence-corrected chi connectivity index (χ2v) is 10.3. The number of ether oxygens (including phenoxy) is 1. The minimum atomic E-state index is -0.936. The van der Waals surface area contributed by atoms with Gasteiger partial charge in [0.2, 0.25) is 11.8 Å². The Bertz CT molecular complexity index is 1010. The van der Waals surface area contributed by atoms with Gasteiger partial charge in [0.25, 0.3) is 0 Å². The first-order valence-corrected chi connectivity index (χ1v) is 12.5. The molecule has 0 aromatic heterocycles. The molecular formula is C27H35N3O4S. The molecule has 188 valence electrons. The number of amides is 3. The van der Waals surface area contributed by atoms with E-state index in [4.69, 9.17) is 4.74 Å². The van der Waals surface area contributed by atoms with Gasteiger partial charge in [-0.2, -0.15) is 12.6 Å². The molecule has 7 nitrogen and oxygen atoms in total. The van der Waals surface area contributed by atoms with E-state index in [0.717, 1.165) is 12.0 Å². The number of benzene rings is 2. The van der Waals surface area contributed by atoms with Gasteiger partial charge in [-0.1, -0.05) is 67.6 Å². The van der Waals surface area contributed by atoms with Crippen LogP contribution in [0.2, 0.25) is 0 Å². The number of nitrogens with zero attached hydrogens (tertiary/aromatic N) is 1. The van der Waals surface area contributed by atoms with Gasteiger partial charge in [-0.3, -0.25) is 9.59 Å². The summed E-state index contributed by atoms with van der Waals surface area (Å²) in [4.78, 5) is 41.5. The molecule has 0 bridgehead atoms. The number of nitrogens with one attached hydrogen (secondary N) is 2. The van der Waals surface area contributed by atoms with Crippen LogP contribution in [0.4, 0.5) is 4.79 Å². The number of carbonyl (C=O) groups is 3. The smallest absolute Gasteiger partial charge is 0.408 e. The Morgan fingerprint density at radius 2 is 1.63 bits per heavy atom. The fourth-order valence-electron chi connectivity index (χ4n) is 3.94. The molecule has 3 rings (SSSR count). The summed E-state index contributed by atoms with van der Waals surface area (Å²) in [7, 11) is 0. The van der Waals surface area contributed by atoms with Gasteiger partial charge in [0, 0.05) is 18.3 Å². The monoisotopic (exact) mass is 497 g/mol. The first kappa shape index (κ1) is 26.6. The lowest BCUT2D eigenvalue weighted by Crippen LogP contribution is -2.54. The zero-order chi connectivity index (χ0) is 25.6. The highest BCUT2D eigenvalue weighted by Crippen LogP contribution is 2.40. The predicted octanol–water partition coefficient (Wildman–Crippen LogP) is 4.10. The fourth-order valence-corrected chi connectivity index (χ4v) is 4.19. The van der Waals surface area contributed by atoms with Crippen LogP contribution in [0.5, 0.6) is 0 Å². The van der Waals surface area contributed by atoms with E-state index in [1.165, 1.54) is 0 Å². The summed E-state index contributed by atoms with van der Waals surface area (Å²) in [5.41, 5.74) is 0.967. The highest BCUT2D eigenvalue weighted by molar-refractivity contribution is 7.80. The van der Waals surface area contributed by atoms with Gasteiger partial charge in [0.05, 0.1) is 0 Å². The summed E-state index contributed by atoms with van der Waals surface area (Å²) < 4.78 is 5.34. The van der Waals surface area contributed by atoms with Crippen molar-refractivity contribution < 1.29 is 19.1 Å². The van der Waals surface area contributed by atoms with E-state index in [1.54, 1.807) is 25.7 Å². The van der Waals surface area contributed by atoms with Crippen molar-refractivity contribution in [3.63, 3.8) is 0 Å². The quantitative estimate of drug-likeness (QED) is 0.455. The molecule has 8 heteroatoms. The van der Waals surface area contributed by atoms with E-state index in [9.17, 15) is 14.4 Å². The summed E-state index contributed by atoms with van der Waals surface area (Å²) in [5, 5.41) is 5.64. The summed E-state index contributed by atoms with van der Waals surface area (Å²) in [6.07, 6.45) is 0.0886. The van der Waals surface area contributed by atoms with Gasteiger partial charge in [-0.25, -0.2) is 4.79 Å². The number of hydrogen-bond donors (Lipinski definition) is 3. The molecule has 0 spiro atoms. The second-order valence-electron chi connectivity index (χ2n) is 9.92. The van der Waals surface area contributed by atoms with E-state index in [2.05, 4.69) is 23.3 Å². The van der Waals surface area contributed by atoms with Crippen molar-refractivity contribution in [2.24, 2.45) is 5.92 Å². The number of carbonyl (C=O) groups excluding carboxylic acids is 3. The summed E-state index contributed by atoms with van der Waals surface area (Å²) >= 11 is 4.33. The van der Waals surface area contributed by atoms with Crippen LogP contribution in [-0.4, -0.2) is 46.2 Å². The van der Waals surface area contributed by atoms with E-state index in [0.29, 0.717) is 12.1 Å². The van der Waals surface area contributed by atoms with Gasteiger partial charge in [0.1, 0.15) is 17.7 Å². The van der Waals surface area contributed by atoms with Crippen LogP contribution in [0.15, 0.2) is 60.7 Å². The standard InChI is InChI=1S/C27H35N3O4S/c1-18-15-22(18)30(25(32)21(17-35)29-26(33)34-27(2,3)4)23(20-13-9-6-10-14-20)24(31)28-16-19-11-7-5-8-12-19/h5-14,18,21-23,35H,15-17H2,1-4H3,(H,28,31)(H,29,33). The summed E-state index contributed by atoms with van der Waals surface area (Å²) in [6, 6.07) is 17.0. The lowest BCUT2D eigenvalue weighted by atomic mass is 10.0. The second kappa shape index (κ2) is 11.6. The molecule has 0 saturated heterocycles. The normalized spacial score (nSPS) is 18.7. The zero-order valence-electron chi connectivity index (χ0n) is 20.7. The zero-order valence-corrected chi connectivity index (χ0v) is 21.6. The van der Waals surface area contributed by atoms with E-state index in [1.807, 2.05) is 67.6 Å². The van der Waals surface area contributed by atoms with E-state index < -0.39 is 23.8 Å². The summed E-state index contributed by atoms with van der Waals surface area (Å²) in [6.45, 7) is 7.66. The molecule has 0 heterocycles. The Morgan fingerprint density at radius 3 is 2.14 bits per heavy atom. The lowest BCUT2D eigenvalue weighted by molar-refractivity contribution is -0.143. The maximum Gasteiger partial charge on any atom is 0.408 e. The van der Waals surface area contributed by atoms with Crippen molar-refractivity contribution >= 4 is 30.5 Å². The molecule has 35 heavy (non-hydrogen) atoms. The Kier molecular flexibility index (Phi) is 8.83. The minimum absolute atomic E-state index is 0.0722. The maximum atomic E-state index is 13.8. The van der Waals surface area contributed by atoms with Crippen LogP contribution in [0.25, 0.3) is 0 Å². The first-order chi connectivity index (χ1) is 16.6. The molecule has 1 saturated carbocycles. The molecular weight excluding hydrogens is 462 g/mol. The van der Waals surface area contributed by atoms with Crippen molar-refractivity contribution in [2.45, 2.75) is 64.4 Å². The fraction of sp³-hybridized carbons (Fsp3) is 0.444. The molecule has 2 aromatic rings. The van der Waals surface area contributed by atoms with Crippen molar-refractivity contribution in [3.8, 4) is 0 Å². The topological polar surface area (TPSA) is 87.7 Å². The van der Waals surface area contributed by atoms with Gasteiger partial charge >= 0.3 is 6.09 Å². The molecule has 3 amide bonds. The van der Waals surface area contributed by atoms with Crippen LogP contribution in [0.1, 0.15) is 51.3 Å². The highest BCUT2D eigenvalue weighted by atomic mass is 32.1. The lowest BCUT2D eigenvalue weighted by Gasteiger charge is -2.34. The van der Waals surface area contributed by atoms with Crippen molar-refractivity contribution in [2.75, 3.05) is 5.75 Å². The highest BCUT2D eigenvalue weighted by Gasteiger charge is 2.48. The average Bonchev–Trinajstić information content (AvgIpc) is 3.54. The molecule has 1 fully saturated rings. The average molecular weight is 498 g/mol. The number of rotatable bonds is 9. The molecule has 0 aliphatic heterocycles. The molecule has 4 unspecified atom stereocenters. The Morgan fingerprint density at radius 1 is 1.06 bits per heavy atom. The van der Waals surface area contributed by atoms with Crippen molar-refractivity contribution in [1.29, 1.82) is 0 Å². The van der Waals surface area contributed by atoms with Crippen molar-refractivity contribution in [1.82, 2.24) is 15.5 Å². The molecule has 1 aliphatic carbocycles. The Hall–Kier alpha value is -3.00. The van der Waals surface area contributed by atoms with Gasteiger partial charge in [-0.05, 0) is 44.2 Å². The van der Waals surface area contributed by atoms with Gasteiger partial charge < -0.3 is 20.3 Å². The third-order valence-electron chi connectivity index (χ3n) is 5.80. The SMILES string of the molecule is CC1CC1N(C(=O)C(CS)NC(=O)OC(C)(C)C)C(C(=O)NCc1ccccc1)c1ccccc1. The number of alkyl carbamates (subject to hydrolysis) is 1. The Balaban J connectivity index is 1.88. The van der Waals surface area contributed by atoms with Gasteiger partial charge in [-0.15, -0.1) is 0 Å². The first-order valence-electron chi connectivity index (χ1n) is 11.9. The third kappa shape index (κ3) is 7.49. The molecule has 0 radical (unpaired) electrons. The maximum absolute atomic E-state index is 13.8. The molecule has 4 atom stereocenters. The van der Waals surface area contributed by atoms with Gasteiger partial charge in [0.15, 0.2) is 0 Å². The molecule has 2 N–H and O–H groups in total. The van der Waals surface area contributed by atoms with Crippen LogP contribution >= 0.6 is 12.6 Å². The van der Waals surface area contributed by atoms with E-state index >= 15 is 0 Å². The Labute approximate surface area is 213 Å². The number of thiol groups is 1. The third-order valence-corrected chi connectivity index (χ3v) is 6.17. The van der Waals surface area contributed by atoms with E-state index in [-0.39, 0.29) is 29.5 Å². The van der Waals surface area contributed by atoms with Crippen LogP contribution < -0.4 is 10.6 Å². The largest absolute Gasteiger partial charge is 0.444 e. The molecule has 1 aliphatic rings. The molecule has 2 aromatic carbocycles. The predicted molar refractivity (Wildman–Crippen MR) is 139 cm³/mol. The summed E-state index contributed by atoms with van der Waals surface area (Å²) in [5.74, 6) is -0.316. The minimum Gasteiger partial charge on any atom is -0.444 e. The number of hydrogen-bond acceptors (Lipinski definition) is 5. The van der Waals surface area contributed by atoms with Crippen LogP contribution in [0.3, 0.4) is 0 Å². The van der Waals surface area contributed by atoms with Crippen LogP contribution in [-0.2, 0) is 20.9 Å². The van der Waals surface area contributed by atoms with Crippen molar-refractivity contribution in [3.05, 3.63) is 71.8 Å². The van der Waals surface area contributed by atoms with Crippen LogP contribution in [0, 0.1) is 5.92 Å².